The first-order valence-electron chi connectivity index (χ1n) is 14.5. The van der Waals surface area contributed by atoms with Gasteiger partial charge in [0, 0.05) is 26.4 Å². The van der Waals surface area contributed by atoms with Crippen LogP contribution < -0.4 is 0 Å². The summed E-state index contributed by atoms with van der Waals surface area (Å²) < 4.78 is 40.6. The SMILES string of the molecule is CCC1CCCO1.CCC1COC(C)(C)O1.CCC1COCO1.OC1COCOC1.OCC1CCOCC1. The number of hydrogen-bond acceptors (Lipinski definition) is 10. The molecule has 0 saturated carbocycles. The molecule has 5 rings (SSSR count). The highest BCUT2D eigenvalue weighted by Crippen LogP contribution is 2.23. The van der Waals surface area contributed by atoms with Gasteiger partial charge in [-0.2, -0.15) is 0 Å². The normalized spacial score (nSPS) is 29.0. The minimum absolute atomic E-state index is 0.319. The standard InChI is InChI=1S/C7H14O2.C6H12O2.C6H12O.C5H10O2.C4H8O3/c1-4-6-5-8-7(2,3)9-6;7-5-6-1-3-8-4-2-6;1-2-6-4-3-5-7-6;1-2-5-3-6-4-7-5;5-4-1-6-3-7-2-4/h6H,4-5H2,1-3H3;6-7H,1-5H2;6H,2-5H2,1H3;5H,2-4H2,1H3;4-5H,1-3H2. The summed E-state index contributed by atoms with van der Waals surface area (Å²) in [5.74, 6) is 0.185. The Morgan fingerprint density at radius 2 is 1.32 bits per heavy atom. The van der Waals surface area contributed by atoms with Crippen molar-refractivity contribution in [1.82, 2.24) is 0 Å². The third kappa shape index (κ3) is 18.0. The predicted octanol–water partition coefficient (Wildman–Crippen LogP) is 3.65. The minimum Gasteiger partial charge on any atom is -0.396 e. The van der Waals surface area contributed by atoms with Crippen molar-refractivity contribution in [3.05, 3.63) is 0 Å². The van der Waals surface area contributed by atoms with Crippen LogP contribution >= 0.6 is 0 Å². The van der Waals surface area contributed by atoms with E-state index < -0.39 is 6.10 Å². The van der Waals surface area contributed by atoms with E-state index in [-0.39, 0.29) is 5.79 Å². The quantitative estimate of drug-likeness (QED) is 0.536. The Hall–Kier alpha value is -0.400. The summed E-state index contributed by atoms with van der Waals surface area (Å²) in [5, 5.41) is 17.3. The second kappa shape index (κ2) is 22.3. The molecule has 2 N–H and O–H groups in total. The first kappa shape index (κ1) is 35.6. The van der Waals surface area contributed by atoms with Crippen molar-refractivity contribution in [2.75, 3.05) is 66.4 Å². The first-order valence-corrected chi connectivity index (χ1v) is 14.5. The molecule has 3 atom stereocenters. The maximum absolute atomic E-state index is 8.66. The molecular formula is C28H56O10. The van der Waals surface area contributed by atoms with Crippen molar-refractivity contribution in [2.45, 2.75) is 110 Å². The fourth-order valence-electron chi connectivity index (χ4n) is 3.94. The highest BCUT2D eigenvalue weighted by atomic mass is 16.7. The van der Waals surface area contributed by atoms with E-state index in [9.17, 15) is 0 Å². The zero-order chi connectivity index (χ0) is 28.1. The molecule has 5 heterocycles. The lowest BCUT2D eigenvalue weighted by Gasteiger charge is -2.18. The van der Waals surface area contributed by atoms with Crippen LogP contribution in [0.25, 0.3) is 0 Å². The van der Waals surface area contributed by atoms with E-state index in [1.54, 1.807) is 0 Å². The van der Waals surface area contributed by atoms with Crippen molar-refractivity contribution in [3.63, 3.8) is 0 Å². The smallest absolute Gasteiger partial charge is 0.163 e. The van der Waals surface area contributed by atoms with Gasteiger partial charge in [-0.25, -0.2) is 0 Å². The van der Waals surface area contributed by atoms with E-state index in [2.05, 4.69) is 20.8 Å². The van der Waals surface area contributed by atoms with E-state index in [0.29, 0.717) is 57.6 Å². The summed E-state index contributed by atoms with van der Waals surface area (Å²) in [5.41, 5.74) is 0. The number of aliphatic hydroxyl groups is 2. The monoisotopic (exact) mass is 552 g/mol. The molecule has 3 unspecified atom stereocenters. The predicted molar refractivity (Wildman–Crippen MR) is 144 cm³/mol. The van der Waals surface area contributed by atoms with Gasteiger partial charge in [0.05, 0.1) is 44.7 Å². The average molecular weight is 553 g/mol. The van der Waals surface area contributed by atoms with Crippen molar-refractivity contribution < 1.29 is 48.1 Å². The third-order valence-electron chi connectivity index (χ3n) is 6.53. The summed E-state index contributed by atoms with van der Waals surface area (Å²) in [7, 11) is 0. The van der Waals surface area contributed by atoms with Gasteiger partial charge in [-0.05, 0) is 64.7 Å². The van der Waals surface area contributed by atoms with Crippen LogP contribution in [0.3, 0.4) is 0 Å². The second-order valence-corrected chi connectivity index (χ2v) is 10.3. The highest BCUT2D eigenvalue weighted by Gasteiger charge is 2.31. The molecule has 0 aliphatic carbocycles. The van der Waals surface area contributed by atoms with Gasteiger partial charge >= 0.3 is 0 Å². The van der Waals surface area contributed by atoms with E-state index in [4.69, 9.17) is 48.1 Å². The summed E-state index contributed by atoms with van der Waals surface area (Å²) in [4.78, 5) is 0. The number of aliphatic hydroxyl groups excluding tert-OH is 2. The van der Waals surface area contributed by atoms with Crippen LogP contribution in [-0.4, -0.2) is 107 Å². The van der Waals surface area contributed by atoms with Crippen molar-refractivity contribution in [1.29, 1.82) is 0 Å². The Morgan fingerprint density at radius 1 is 0.684 bits per heavy atom. The van der Waals surface area contributed by atoms with Gasteiger partial charge in [0.25, 0.3) is 0 Å². The van der Waals surface area contributed by atoms with E-state index in [1.807, 2.05) is 13.8 Å². The topological polar surface area (TPSA) is 114 Å². The molecule has 5 aliphatic rings. The number of rotatable bonds is 4. The average Bonchev–Trinajstić information content (AvgIpc) is 3.73. The highest BCUT2D eigenvalue weighted by molar-refractivity contribution is 4.68. The lowest BCUT2D eigenvalue weighted by Crippen LogP contribution is -2.28. The van der Waals surface area contributed by atoms with Crippen molar-refractivity contribution in [3.8, 4) is 0 Å². The van der Waals surface area contributed by atoms with Crippen molar-refractivity contribution in [2.24, 2.45) is 5.92 Å². The molecule has 5 aliphatic heterocycles. The Bertz CT molecular complexity index is 496. The number of hydrogen-bond donors (Lipinski definition) is 2. The molecule has 0 bridgehead atoms. The van der Waals surface area contributed by atoms with E-state index >= 15 is 0 Å². The van der Waals surface area contributed by atoms with Gasteiger partial charge in [-0.1, -0.05) is 20.8 Å². The molecule has 10 nitrogen and oxygen atoms in total. The first-order chi connectivity index (χ1) is 18.3. The van der Waals surface area contributed by atoms with Gasteiger partial charge in [0.2, 0.25) is 0 Å². The molecule has 38 heavy (non-hydrogen) atoms. The lowest BCUT2D eigenvalue weighted by atomic mass is 10.0. The third-order valence-corrected chi connectivity index (χ3v) is 6.53. The minimum atomic E-state index is -0.409. The molecule has 10 heteroatoms. The molecular weight excluding hydrogens is 496 g/mol. The van der Waals surface area contributed by atoms with E-state index in [1.165, 1.54) is 19.3 Å². The molecule has 0 aromatic heterocycles. The molecule has 228 valence electrons. The molecule has 0 aromatic carbocycles. The Morgan fingerprint density at radius 3 is 1.61 bits per heavy atom. The Balaban J connectivity index is 0.000000238. The summed E-state index contributed by atoms with van der Waals surface area (Å²) in [6.07, 6.45) is 8.83. The number of ether oxygens (including phenoxy) is 8. The molecule has 5 fully saturated rings. The molecule has 0 radical (unpaired) electrons. The van der Waals surface area contributed by atoms with Gasteiger partial charge in [0.1, 0.15) is 19.7 Å². The largest absolute Gasteiger partial charge is 0.396 e. The molecule has 0 spiro atoms. The van der Waals surface area contributed by atoms with Crippen LogP contribution in [-0.2, 0) is 37.9 Å². The second-order valence-electron chi connectivity index (χ2n) is 10.3. The summed E-state index contributed by atoms with van der Waals surface area (Å²) >= 11 is 0. The zero-order valence-corrected chi connectivity index (χ0v) is 24.6. The summed E-state index contributed by atoms with van der Waals surface area (Å²) in [6.45, 7) is 16.5. The van der Waals surface area contributed by atoms with Crippen LogP contribution in [0, 0.1) is 5.92 Å². The fraction of sp³-hybridized carbons (Fsp3) is 1.00. The van der Waals surface area contributed by atoms with Crippen LogP contribution in [0.15, 0.2) is 0 Å². The molecule has 0 aromatic rings. The van der Waals surface area contributed by atoms with Crippen LogP contribution in [0.1, 0.15) is 79.6 Å². The Labute approximate surface area is 230 Å². The van der Waals surface area contributed by atoms with Gasteiger partial charge in [-0.3, -0.25) is 0 Å². The van der Waals surface area contributed by atoms with Crippen LogP contribution in [0.2, 0.25) is 0 Å². The zero-order valence-electron chi connectivity index (χ0n) is 24.6. The van der Waals surface area contributed by atoms with Gasteiger partial charge in [0.15, 0.2) is 5.79 Å². The molecule has 0 amide bonds. The maximum atomic E-state index is 8.66. The fourth-order valence-corrected chi connectivity index (χ4v) is 3.94. The van der Waals surface area contributed by atoms with Gasteiger partial charge in [-0.15, -0.1) is 0 Å². The maximum Gasteiger partial charge on any atom is 0.163 e. The van der Waals surface area contributed by atoms with Crippen molar-refractivity contribution >= 4 is 0 Å². The lowest BCUT2D eigenvalue weighted by molar-refractivity contribution is -0.150. The van der Waals surface area contributed by atoms with Crippen LogP contribution in [0.4, 0.5) is 0 Å². The Kier molecular flexibility index (Phi) is 20.9. The van der Waals surface area contributed by atoms with Gasteiger partial charge < -0.3 is 48.1 Å². The van der Waals surface area contributed by atoms with Crippen LogP contribution in [0.5, 0.6) is 0 Å². The van der Waals surface area contributed by atoms with E-state index in [0.717, 1.165) is 58.7 Å². The summed E-state index contributed by atoms with van der Waals surface area (Å²) in [6, 6.07) is 0. The molecule has 5 saturated heterocycles.